The molecule has 0 atom stereocenters. The van der Waals surface area contributed by atoms with Crippen LogP contribution in [0.4, 0.5) is 5.82 Å². The Balaban J connectivity index is 1.64. The van der Waals surface area contributed by atoms with E-state index in [1.54, 1.807) is 13.4 Å². The van der Waals surface area contributed by atoms with Crippen molar-refractivity contribution in [2.45, 2.75) is 12.8 Å². The van der Waals surface area contributed by atoms with E-state index in [1.165, 1.54) is 0 Å². The second-order valence-corrected chi connectivity index (χ2v) is 7.69. The molecule has 9 heteroatoms. The first kappa shape index (κ1) is 18.6. The number of methoxy groups -OCH3 is 1. The average Bonchev–Trinajstić information content (AvgIpc) is 2.66. The monoisotopic (exact) mass is 377 g/mol. The summed E-state index contributed by atoms with van der Waals surface area (Å²) in [6.45, 7) is 2.01. The molecule has 0 bridgehead atoms. The minimum absolute atomic E-state index is 0.285. The number of nitrogens with one attached hydrogen (secondary N) is 1. The van der Waals surface area contributed by atoms with Crippen LogP contribution in [0.3, 0.4) is 0 Å². The summed E-state index contributed by atoms with van der Waals surface area (Å²) >= 11 is 0. The maximum Gasteiger partial charge on any atom is 0.274 e. The molecule has 3 rings (SSSR count). The zero-order chi connectivity index (χ0) is 18.6. The smallest absolute Gasteiger partial charge is 0.274 e. The summed E-state index contributed by atoms with van der Waals surface area (Å²) in [5, 5.41) is 4.99. The van der Waals surface area contributed by atoms with Gasteiger partial charge in [-0.3, -0.25) is 0 Å². The Morgan fingerprint density at radius 2 is 1.92 bits per heavy atom. The molecule has 1 aromatic heterocycles. The zero-order valence-corrected chi connectivity index (χ0v) is 15.4. The molecule has 3 N–H and O–H groups in total. The first-order chi connectivity index (χ1) is 12.4. The zero-order valence-electron chi connectivity index (χ0n) is 14.6. The van der Waals surface area contributed by atoms with Gasteiger partial charge < -0.3 is 9.64 Å². The summed E-state index contributed by atoms with van der Waals surface area (Å²) in [6.07, 6.45) is 3.33. The highest BCUT2D eigenvalue weighted by Gasteiger charge is 2.21. The van der Waals surface area contributed by atoms with Gasteiger partial charge in [0.15, 0.2) is 0 Å². The molecule has 1 aliphatic rings. The van der Waals surface area contributed by atoms with Crippen molar-refractivity contribution in [3.8, 4) is 17.0 Å². The molecule has 0 aliphatic carbocycles. The standard InChI is InChI=1S/C17H23N5O3S/c1-25-15-4-2-14(3-5-15)16-10-17(20-12-19-16)22-8-6-13(7-9-22)11-21-26(18,23)24/h2-5,10,12-13,21H,6-9,11H2,1H3,(H2,18,23,24). The average molecular weight is 377 g/mol. The molecule has 140 valence electrons. The summed E-state index contributed by atoms with van der Waals surface area (Å²) in [6, 6.07) is 9.72. The molecule has 0 amide bonds. The highest BCUT2D eigenvalue weighted by molar-refractivity contribution is 7.87. The van der Waals surface area contributed by atoms with Crippen LogP contribution >= 0.6 is 0 Å². The fourth-order valence-corrected chi connectivity index (χ4v) is 3.51. The molecular weight excluding hydrogens is 354 g/mol. The predicted octanol–water partition coefficient (Wildman–Crippen LogP) is 1.16. The number of hydrogen-bond donors (Lipinski definition) is 2. The SMILES string of the molecule is COc1ccc(-c2cc(N3CCC(CNS(N)(=O)=O)CC3)ncn2)cc1. The normalized spacial score (nSPS) is 15.8. The molecule has 26 heavy (non-hydrogen) atoms. The Labute approximate surface area is 153 Å². The largest absolute Gasteiger partial charge is 0.497 e. The van der Waals surface area contributed by atoms with Crippen LogP contribution in [0, 0.1) is 5.92 Å². The van der Waals surface area contributed by atoms with Crippen LogP contribution in [0.2, 0.25) is 0 Å². The molecule has 1 aliphatic heterocycles. The number of nitrogens with zero attached hydrogens (tertiary/aromatic N) is 3. The van der Waals surface area contributed by atoms with E-state index in [2.05, 4.69) is 19.6 Å². The molecule has 0 unspecified atom stereocenters. The third-order valence-corrected chi connectivity index (χ3v) is 5.12. The van der Waals surface area contributed by atoms with Crippen LogP contribution < -0.4 is 19.5 Å². The van der Waals surface area contributed by atoms with E-state index < -0.39 is 10.2 Å². The third kappa shape index (κ3) is 4.90. The van der Waals surface area contributed by atoms with Gasteiger partial charge in [0.25, 0.3) is 10.2 Å². The number of rotatable bonds is 6. The van der Waals surface area contributed by atoms with Crippen LogP contribution in [0.1, 0.15) is 12.8 Å². The minimum Gasteiger partial charge on any atom is -0.497 e. The number of ether oxygens (including phenoxy) is 1. The fourth-order valence-electron chi connectivity index (χ4n) is 3.04. The van der Waals surface area contributed by atoms with Crippen LogP contribution in [0.5, 0.6) is 5.75 Å². The maximum absolute atomic E-state index is 11.0. The fraction of sp³-hybridized carbons (Fsp3) is 0.412. The maximum atomic E-state index is 11.0. The Morgan fingerprint density at radius 3 is 2.54 bits per heavy atom. The first-order valence-corrected chi connectivity index (χ1v) is 9.98. The lowest BCUT2D eigenvalue weighted by atomic mass is 9.97. The van der Waals surface area contributed by atoms with Gasteiger partial charge in [0.1, 0.15) is 17.9 Å². The molecular formula is C17H23N5O3S. The number of aromatic nitrogens is 2. The van der Waals surface area contributed by atoms with E-state index in [9.17, 15) is 8.42 Å². The Hall–Kier alpha value is -2.23. The summed E-state index contributed by atoms with van der Waals surface area (Å²) in [4.78, 5) is 10.9. The van der Waals surface area contributed by atoms with E-state index in [1.807, 2.05) is 30.3 Å². The molecule has 1 saturated heterocycles. The number of hydrogen-bond acceptors (Lipinski definition) is 6. The van der Waals surface area contributed by atoms with Crippen LogP contribution in [-0.2, 0) is 10.2 Å². The Morgan fingerprint density at radius 1 is 1.23 bits per heavy atom. The van der Waals surface area contributed by atoms with Crippen molar-refractivity contribution in [1.29, 1.82) is 0 Å². The van der Waals surface area contributed by atoms with Gasteiger partial charge in [-0.1, -0.05) is 0 Å². The predicted molar refractivity (Wildman–Crippen MR) is 100 cm³/mol. The van der Waals surface area contributed by atoms with Gasteiger partial charge in [0.2, 0.25) is 0 Å². The van der Waals surface area contributed by atoms with Gasteiger partial charge in [0.05, 0.1) is 12.8 Å². The highest BCUT2D eigenvalue weighted by Crippen LogP contribution is 2.26. The molecule has 8 nitrogen and oxygen atoms in total. The van der Waals surface area contributed by atoms with E-state index in [0.717, 1.165) is 48.8 Å². The van der Waals surface area contributed by atoms with Crippen molar-refractivity contribution in [3.63, 3.8) is 0 Å². The van der Waals surface area contributed by atoms with Crippen molar-refractivity contribution in [3.05, 3.63) is 36.7 Å². The van der Waals surface area contributed by atoms with Crippen molar-refractivity contribution < 1.29 is 13.2 Å². The first-order valence-electron chi connectivity index (χ1n) is 8.43. The van der Waals surface area contributed by atoms with Crippen LogP contribution in [0.15, 0.2) is 36.7 Å². The quantitative estimate of drug-likeness (QED) is 0.782. The van der Waals surface area contributed by atoms with E-state index >= 15 is 0 Å². The van der Waals surface area contributed by atoms with Gasteiger partial charge in [-0.25, -0.2) is 19.8 Å². The second kappa shape index (κ2) is 7.98. The summed E-state index contributed by atoms with van der Waals surface area (Å²) < 4.78 is 29.6. The minimum atomic E-state index is -3.62. The summed E-state index contributed by atoms with van der Waals surface area (Å²) in [5.41, 5.74) is 1.86. The Bertz CT molecular complexity index is 834. The molecule has 1 aromatic carbocycles. The number of nitrogens with two attached hydrogens (primary N) is 1. The highest BCUT2D eigenvalue weighted by atomic mass is 32.2. The summed E-state index contributed by atoms with van der Waals surface area (Å²) in [5.74, 6) is 1.97. The number of benzene rings is 1. The molecule has 0 spiro atoms. The van der Waals surface area contributed by atoms with Crippen molar-refractivity contribution in [1.82, 2.24) is 14.7 Å². The van der Waals surface area contributed by atoms with Gasteiger partial charge in [-0.15, -0.1) is 0 Å². The summed E-state index contributed by atoms with van der Waals surface area (Å²) in [7, 11) is -1.98. The topological polar surface area (TPSA) is 110 Å². The van der Waals surface area contributed by atoms with Gasteiger partial charge in [-0.2, -0.15) is 8.42 Å². The lowest BCUT2D eigenvalue weighted by Gasteiger charge is -2.32. The van der Waals surface area contributed by atoms with E-state index in [-0.39, 0.29) is 5.92 Å². The van der Waals surface area contributed by atoms with Crippen molar-refractivity contribution >= 4 is 16.0 Å². The lowest BCUT2D eigenvalue weighted by Crippen LogP contribution is -2.40. The van der Waals surface area contributed by atoms with Gasteiger partial charge >= 0.3 is 0 Å². The van der Waals surface area contributed by atoms with E-state index in [4.69, 9.17) is 9.88 Å². The molecule has 0 radical (unpaired) electrons. The van der Waals surface area contributed by atoms with Crippen LogP contribution in [0.25, 0.3) is 11.3 Å². The number of anilines is 1. The molecule has 1 fully saturated rings. The van der Waals surface area contributed by atoms with Crippen molar-refractivity contribution in [2.75, 3.05) is 31.6 Å². The van der Waals surface area contributed by atoms with Gasteiger partial charge in [-0.05, 0) is 43.0 Å². The molecule has 0 saturated carbocycles. The van der Waals surface area contributed by atoms with E-state index in [0.29, 0.717) is 6.54 Å². The third-order valence-electron chi connectivity index (χ3n) is 4.55. The second-order valence-electron chi connectivity index (χ2n) is 6.31. The molecule has 2 aromatic rings. The van der Waals surface area contributed by atoms with Crippen molar-refractivity contribution in [2.24, 2.45) is 11.1 Å². The van der Waals surface area contributed by atoms with Gasteiger partial charge in [0, 0.05) is 31.3 Å². The number of piperidine rings is 1. The lowest BCUT2D eigenvalue weighted by molar-refractivity contribution is 0.400. The van der Waals surface area contributed by atoms with Crippen LogP contribution in [-0.4, -0.2) is 45.1 Å². The Kier molecular flexibility index (Phi) is 5.70. The molecule has 2 heterocycles.